The second-order valence-electron chi connectivity index (χ2n) is 7.35. The molecule has 0 radical (unpaired) electrons. The van der Waals surface area contributed by atoms with Gasteiger partial charge in [0.2, 0.25) is 5.91 Å². The Labute approximate surface area is 149 Å². The van der Waals surface area contributed by atoms with Crippen LogP contribution in [0.3, 0.4) is 0 Å². The Morgan fingerprint density at radius 2 is 1.72 bits per heavy atom. The highest BCUT2D eigenvalue weighted by Gasteiger charge is 2.40. The fourth-order valence-corrected chi connectivity index (χ4v) is 4.36. The Balaban J connectivity index is 1.28. The molecule has 0 saturated carbocycles. The summed E-state index contributed by atoms with van der Waals surface area (Å²) >= 11 is 0. The lowest BCUT2D eigenvalue weighted by atomic mass is 10.1. The molecule has 0 N–H and O–H groups in total. The maximum Gasteiger partial charge on any atom is 0.240 e. The number of nitrogens with zero attached hydrogens (tertiary/aromatic N) is 4. The summed E-state index contributed by atoms with van der Waals surface area (Å²) in [6.07, 6.45) is 6.69. The molecule has 6 heteroatoms. The van der Waals surface area contributed by atoms with E-state index in [9.17, 15) is 4.79 Å². The first-order valence-electron chi connectivity index (χ1n) is 9.55. The summed E-state index contributed by atoms with van der Waals surface area (Å²) in [6, 6.07) is 4.67. The Kier molecular flexibility index (Phi) is 5.29. The highest BCUT2D eigenvalue weighted by molar-refractivity contribution is 5.84. The molecule has 4 heterocycles. The molecule has 3 aliphatic heterocycles. The standard InChI is InChI=1S/C19H28N4O2/c24-19-18(3-8-23(19)17-4-13-25-14-5-17)22-11-9-21(10-12-22)15-16-1-6-20-7-2-16/h1-2,6-7,17-18H,3-5,8-15H2. The Hall–Kier alpha value is -1.50. The summed E-state index contributed by atoms with van der Waals surface area (Å²) in [5, 5.41) is 0. The molecule has 0 aliphatic carbocycles. The van der Waals surface area contributed by atoms with Crippen LogP contribution in [0, 0.1) is 0 Å². The minimum atomic E-state index is 0.103. The summed E-state index contributed by atoms with van der Waals surface area (Å²) in [5.41, 5.74) is 1.31. The van der Waals surface area contributed by atoms with Crippen molar-refractivity contribution in [3.63, 3.8) is 0 Å². The third kappa shape index (κ3) is 3.86. The van der Waals surface area contributed by atoms with E-state index in [2.05, 4.69) is 31.8 Å². The zero-order valence-electron chi connectivity index (χ0n) is 14.8. The van der Waals surface area contributed by atoms with Gasteiger partial charge in [0.15, 0.2) is 0 Å². The van der Waals surface area contributed by atoms with Crippen LogP contribution in [0.5, 0.6) is 0 Å². The average molecular weight is 344 g/mol. The number of amides is 1. The van der Waals surface area contributed by atoms with Gasteiger partial charge in [0.25, 0.3) is 0 Å². The van der Waals surface area contributed by atoms with Gasteiger partial charge >= 0.3 is 0 Å². The van der Waals surface area contributed by atoms with Crippen molar-refractivity contribution in [3.8, 4) is 0 Å². The van der Waals surface area contributed by atoms with Crippen molar-refractivity contribution < 1.29 is 9.53 Å². The lowest BCUT2D eigenvalue weighted by Gasteiger charge is -2.38. The maximum absolute atomic E-state index is 12.9. The smallest absolute Gasteiger partial charge is 0.240 e. The molecule has 1 atom stereocenters. The van der Waals surface area contributed by atoms with Gasteiger partial charge in [0, 0.05) is 70.9 Å². The van der Waals surface area contributed by atoms with E-state index in [1.54, 1.807) is 0 Å². The quantitative estimate of drug-likeness (QED) is 0.815. The second kappa shape index (κ2) is 7.81. The van der Waals surface area contributed by atoms with E-state index in [0.29, 0.717) is 11.9 Å². The summed E-state index contributed by atoms with van der Waals surface area (Å²) in [6.45, 7) is 7.53. The van der Waals surface area contributed by atoms with Gasteiger partial charge in [-0.05, 0) is 37.0 Å². The van der Waals surface area contributed by atoms with Crippen molar-refractivity contribution in [2.24, 2.45) is 0 Å². The van der Waals surface area contributed by atoms with Crippen molar-refractivity contribution in [1.29, 1.82) is 0 Å². The predicted molar refractivity (Wildman–Crippen MR) is 95.0 cm³/mol. The molecule has 0 spiro atoms. The molecule has 3 saturated heterocycles. The first-order chi connectivity index (χ1) is 12.3. The number of pyridine rings is 1. The lowest BCUT2D eigenvalue weighted by molar-refractivity contribution is -0.136. The van der Waals surface area contributed by atoms with E-state index in [1.165, 1.54) is 5.56 Å². The fourth-order valence-electron chi connectivity index (χ4n) is 4.36. The Bertz CT molecular complexity index is 568. The van der Waals surface area contributed by atoms with Crippen molar-refractivity contribution in [1.82, 2.24) is 19.7 Å². The molecule has 1 unspecified atom stereocenters. The van der Waals surface area contributed by atoms with Gasteiger partial charge in [-0.25, -0.2) is 0 Å². The van der Waals surface area contributed by atoms with Crippen LogP contribution in [0.4, 0.5) is 0 Å². The molecule has 1 aromatic heterocycles. The van der Waals surface area contributed by atoms with Gasteiger partial charge in [0.05, 0.1) is 6.04 Å². The number of carbonyl (C=O) groups excluding carboxylic acids is 1. The first-order valence-corrected chi connectivity index (χ1v) is 9.55. The number of carbonyl (C=O) groups is 1. The average Bonchev–Trinajstić information content (AvgIpc) is 3.05. The van der Waals surface area contributed by atoms with E-state index < -0.39 is 0 Å². The van der Waals surface area contributed by atoms with Gasteiger partial charge in [-0.15, -0.1) is 0 Å². The van der Waals surface area contributed by atoms with Gasteiger partial charge in [-0.3, -0.25) is 19.6 Å². The largest absolute Gasteiger partial charge is 0.381 e. The van der Waals surface area contributed by atoms with E-state index in [1.807, 2.05) is 12.4 Å². The van der Waals surface area contributed by atoms with Crippen molar-refractivity contribution in [2.45, 2.75) is 37.9 Å². The predicted octanol–water partition coefficient (Wildman–Crippen LogP) is 0.979. The minimum Gasteiger partial charge on any atom is -0.381 e. The minimum absolute atomic E-state index is 0.103. The second-order valence-corrected chi connectivity index (χ2v) is 7.35. The molecule has 4 rings (SSSR count). The Morgan fingerprint density at radius 3 is 2.44 bits per heavy atom. The number of likely N-dealkylation sites (tertiary alicyclic amines) is 1. The molecular weight excluding hydrogens is 316 g/mol. The summed E-state index contributed by atoms with van der Waals surface area (Å²) in [4.78, 5) is 24.0. The monoisotopic (exact) mass is 344 g/mol. The SMILES string of the molecule is O=C1C(N2CCN(Cc3ccncc3)CC2)CCN1C1CCOCC1. The molecule has 6 nitrogen and oxygen atoms in total. The number of hydrogen-bond donors (Lipinski definition) is 0. The first kappa shape index (κ1) is 16.9. The number of ether oxygens (including phenoxy) is 1. The van der Waals surface area contributed by atoms with Crippen molar-refractivity contribution in [2.75, 3.05) is 45.9 Å². The normalized spacial score (nSPS) is 27.1. The molecule has 3 fully saturated rings. The van der Waals surface area contributed by atoms with Gasteiger partial charge < -0.3 is 9.64 Å². The number of rotatable bonds is 4. The van der Waals surface area contributed by atoms with Gasteiger partial charge in [0.1, 0.15) is 0 Å². The molecule has 1 aromatic rings. The third-order valence-electron chi connectivity index (χ3n) is 5.85. The van der Waals surface area contributed by atoms with Crippen LogP contribution in [-0.4, -0.2) is 83.6 Å². The topological polar surface area (TPSA) is 48.9 Å². The van der Waals surface area contributed by atoms with E-state index in [-0.39, 0.29) is 6.04 Å². The summed E-state index contributed by atoms with van der Waals surface area (Å²) < 4.78 is 5.44. The van der Waals surface area contributed by atoms with E-state index >= 15 is 0 Å². The fraction of sp³-hybridized carbons (Fsp3) is 0.684. The molecule has 136 valence electrons. The van der Waals surface area contributed by atoms with Crippen LogP contribution in [0.15, 0.2) is 24.5 Å². The Morgan fingerprint density at radius 1 is 1.00 bits per heavy atom. The highest BCUT2D eigenvalue weighted by Crippen LogP contribution is 2.25. The van der Waals surface area contributed by atoms with Crippen molar-refractivity contribution >= 4 is 5.91 Å². The van der Waals surface area contributed by atoms with Crippen LogP contribution < -0.4 is 0 Å². The van der Waals surface area contributed by atoms with E-state index in [0.717, 1.165) is 71.7 Å². The number of hydrogen-bond acceptors (Lipinski definition) is 5. The van der Waals surface area contributed by atoms with Crippen molar-refractivity contribution in [3.05, 3.63) is 30.1 Å². The zero-order valence-corrected chi connectivity index (χ0v) is 14.8. The molecular formula is C19H28N4O2. The number of piperazine rings is 1. The van der Waals surface area contributed by atoms with Crippen LogP contribution in [0.25, 0.3) is 0 Å². The highest BCUT2D eigenvalue weighted by atomic mass is 16.5. The van der Waals surface area contributed by atoms with Gasteiger partial charge in [-0.2, -0.15) is 0 Å². The van der Waals surface area contributed by atoms with Gasteiger partial charge in [-0.1, -0.05) is 0 Å². The number of aromatic nitrogens is 1. The molecule has 0 bridgehead atoms. The summed E-state index contributed by atoms with van der Waals surface area (Å²) in [7, 11) is 0. The van der Waals surface area contributed by atoms with Crippen LogP contribution in [0.2, 0.25) is 0 Å². The molecule has 0 aromatic carbocycles. The zero-order chi connectivity index (χ0) is 17.1. The van der Waals surface area contributed by atoms with Crippen LogP contribution >= 0.6 is 0 Å². The lowest BCUT2D eigenvalue weighted by Crippen LogP contribution is -2.53. The van der Waals surface area contributed by atoms with E-state index in [4.69, 9.17) is 4.74 Å². The maximum atomic E-state index is 12.9. The third-order valence-corrected chi connectivity index (χ3v) is 5.85. The van der Waals surface area contributed by atoms with Crippen LogP contribution in [0.1, 0.15) is 24.8 Å². The molecule has 25 heavy (non-hydrogen) atoms. The van der Waals surface area contributed by atoms with Crippen LogP contribution in [-0.2, 0) is 16.1 Å². The summed E-state index contributed by atoms with van der Waals surface area (Å²) in [5.74, 6) is 0.356. The molecule has 3 aliphatic rings. The molecule has 1 amide bonds.